The van der Waals surface area contributed by atoms with E-state index in [1.807, 2.05) is 12.2 Å². The molecule has 0 amide bonds. The predicted molar refractivity (Wildman–Crippen MR) is 69.4 cm³/mol. The zero-order chi connectivity index (χ0) is 14.6. The van der Waals surface area contributed by atoms with Crippen molar-refractivity contribution in [2.75, 3.05) is 13.2 Å². The van der Waals surface area contributed by atoms with Crippen LogP contribution in [0.1, 0.15) is 25.7 Å². The summed E-state index contributed by atoms with van der Waals surface area (Å²) >= 11 is 0. The molecule has 116 valence electrons. The van der Waals surface area contributed by atoms with E-state index in [0.29, 0.717) is 6.42 Å². The van der Waals surface area contributed by atoms with Crippen LogP contribution in [-0.2, 0) is 9.57 Å². The zero-order valence-electron chi connectivity index (χ0n) is 11.3. The molecule has 5 N–H and O–H groups in total. The lowest BCUT2D eigenvalue weighted by Crippen LogP contribution is -2.56. The summed E-state index contributed by atoms with van der Waals surface area (Å²) in [6.45, 7) is -0.403. The maximum absolute atomic E-state index is 9.93. The molecule has 0 saturated carbocycles. The molecule has 5 atom stereocenters. The summed E-state index contributed by atoms with van der Waals surface area (Å²) in [5, 5.41) is 38.2. The van der Waals surface area contributed by atoms with Crippen molar-refractivity contribution in [2.45, 2.75) is 55.8 Å². The fourth-order valence-electron chi connectivity index (χ4n) is 2.54. The van der Waals surface area contributed by atoms with Crippen molar-refractivity contribution in [1.29, 1.82) is 0 Å². The van der Waals surface area contributed by atoms with Gasteiger partial charge in [0.1, 0.15) is 0 Å². The van der Waals surface area contributed by atoms with Crippen LogP contribution in [0.25, 0.3) is 0 Å². The molecule has 1 fully saturated rings. The molecule has 0 bridgehead atoms. The van der Waals surface area contributed by atoms with E-state index < -0.39 is 30.1 Å². The summed E-state index contributed by atoms with van der Waals surface area (Å²) in [6, 6.07) is 0. The number of aliphatic hydroxyl groups excluding tert-OH is 4. The molecule has 0 aromatic heterocycles. The summed E-state index contributed by atoms with van der Waals surface area (Å²) in [6.07, 6.45) is 2.74. The second kappa shape index (κ2) is 6.95. The van der Waals surface area contributed by atoms with Crippen LogP contribution in [0.4, 0.5) is 0 Å². The monoisotopic (exact) mass is 289 g/mol. The SMILES string of the molecule is OC[C@@H]1C[C@H](O)[C@@H](ONC2(CO)C=CCCC2)[C@@H](O)O1. The Bertz CT molecular complexity index is 327. The number of aliphatic hydroxyl groups is 4. The van der Waals surface area contributed by atoms with Crippen molar-refractivity contribution < 1.29 is 30.0 Å². The van der Waals surface area contributed by atoms with Gasteiger partial charge in [-0.3, -0.25) is 4.84 Å². The molecular formula is C13H23NO6. The van der Waals surface area contributed by atoms with E-state index in [4.69, 9.17) is 14.7 Å². The molecule has 7 heteroatoms. The molecule has 0 radical (unpaired) electrons. The number of hydrogen-bond acceptors (Lipinski definition) is 7. The second-order valence-corrected chi connectivity index (χ2v) is 5.43. The lowest BCUT2D eigenvalue weighted by atomic mass is 9.89. The van der Waals surface area contributed by atoms with Gasteiger partial charge in [-0.1, -0.05) is 12.2 Å². The third kappa shape index (κ3) is 3.56. The van der Waals surface area contributed by atoms with E-state index in [-0.39, 0.29) is 19.6 Å². The first kappa shape index (κ1) is 15.8. The number of nitrogens with one attached hydrogen (secondary N) is 1. The predicted octanol–water partition coefficient (Wildman–Crippen LogP) is -1.19. The van der Waals surface area contributed by atoms with Crippen LogP contribution in [0, 0.1) is 0 Å². The van der Waals surface area contributed by atoms with Crippen molar-refractivity contribution in [3.8, 4) is 0 Å². The lowest BCUT2D eigenvalue weighted by molar-refractivity contribution is -0.283. The first-order valence-corrected chi connectivity index (χ1v) is 6.94. The molecule has 20 heavy (non-hydrogen) atoms. The summed E-state index contributed by atoms with van der Waals surface area (Å²) in [7, 11) is 0. The standard InChI is InChI=1S/C13H23NO6/c15-7-9-6-10(17)11(12(18)19-9)20-14-13(8-16)4-2-1-3-5-13/h2,4,9-12,14-18H,1,3,5-8H2/t9-,10-,11+,12-,13?/m0/s1. The Kier molecular flexibility index (Phi) is 5.50. The number of ether oxygens (including phenoxy) is 1. The van der Waals surface area contributed by atoms with E-state index in [1.165, 1.54) is 0 Å². The van der Waals surface area contributed by atoms with Crippen LogP contribution in [0.3, 0.4) is 0 Å². The van der Waals surface area contributed by atoms with Crippen LogP contribution in [-0.4, -0.2) is 63.8 Å². The first-order valence-electron chi connectivity index (χ1n) is 6.94. The Morgan fingerprint density at radius 2 is 2.15 bits per heavy atom. The lowest BCUT2D eigenvalue weighted by Gasteiger charge is -2.39. The van der Waals surface area contributed by atoms with E-state index in [0.717, 1.165) is 12.8 Å². The van der Waals surface area contributed by atoms with E-state index >= 15 is 0 Å². The third-order valence-electron chi connectivity index (χ3n) is 3.81. The van der Waals surface area contributed by atoms with Gasteiger partial charge in [0, 0.05) is 6.42 Å². The summed E-state index contributed by atoms with van der Waals surface area (Å²) in [5.41, 5.74) is 2.06. The minimum Gasteiger partial charge on any atom is -0.394 e. The molecular weight excluding hydrogens is 266 g/mol. The number of rotatable bonds is 5. The van der Waals surface area contributed by atoms with Crippen molar-refractivity contribution >= 4 is 0 Å². The fourth-order valence-corrected chi connectivity index (χ4v) is 2.54. The van der Waals surface area contributed by atoms with Gasteiger partial charge in [-0.05, 0) is 19.3 Å². The summed E-state index contributed by atoms with van der Waals surface area (Å²) < 4.78 is 5.12. The van der Waals surface area contributed by atoms with Crippen molar-refractivity contribution in [3.05, 3.63) is 12.2 Å². The van der Waals surface area contributed by atoms with Crippen LogP contribution in [0.2, 0.25) is 0 Å². The molecule has 2 aliphatic rings. The summed E-state index contributed by atoms with van der Waals surface area (Å²) in [5.74, 6) is 0. The Hall–Kier alpha value is -0.540. The van der Waals surface area contributed by atoms with Gasteiger partial charge in [0.2, 0.25) is 0 Å². The van der Waals surface area contributed by atoms with Crippen LogP contribution in [0.15, 0.2) is 12.2 Å². The number of allylic oxidation sites excluding steroid dienone is 1. The highest BCUT2D eigenvalue weighted by molar-refractivity contribution is 5.08. The molecule has 1 aliphatic heterocycles. The zero-order valence-corrected chi connectivity index (χ0v) is 11.3. The van der Waals surface area contributed by atoms with Gasteiger partial charge in [-0.2, -0.15) is 5.48 Å². The number of hydroxylamine groups is 1. The highest BCUT2D eigenvalue weighted by Gasteiger charge is 2.39. The highest BCUT2D eigenvalue weighted by Crippen LogP contribution is 2.25. The molecule has 1 saturated heterocycles. The minimum atomic E-state index is -1.33. The quantitative estimate of drug-likeness (QED) is 0.319. The van der Waals surface area contributed by atoms with Gasteiger partial charge in [-0.25, -0.2) is 0 Å². The van der Waals surface area contributed by atoms with Crippen LogP contribution < -0.4 is 5.48 Å². The van der Waals surface area contributed by atoms with Crippen LogP contribution in [0.5, 0.6) is 0 Å². The van der Waals surface area contributed by atoms with Gasteiger partial charge in [-0.15, -0.1) is 0 Å². The average Bonchev–Trinajstić information content (AvgIpc) is 2.47. The van der Waals surface area contributed by atoms with Crippen molar-refractivity contribution in [1.82, 2.24) is 5.48 Å². The second-order valence-electron chi connectivity index (χ2n) is 5.43. The molecule has 2 rings (SSSR count). The first-order chi connectivity index (χ1) is 9.60. The maximum Gasteiger partial charge on any atom is 0.186 e. The molecule has 7 nitrogen and oxygen atoms in total. The van der Waals surface area contributed by atoms with Gasteiger partial charge < -0.3 is 25.2 Å². The third-order valence-corrected chi connectivity index (χ3v) is 3.81. The Labute approximate surface area is 117 Å². The van der Waals surface area contributed by atoms with Crippen molar-refractivity contribution in [2.24, 2.45) is 0 Å². The van der Waals surface area contributed by atoms with Gasteiger partial charge in [0.05, 0.1) is 31.0 Å². The van der Waals surface area contributed by atoms with Crippen LogP contribution >= 0.6 is 0 Å². The maximum atomic E-state index is 9.93. The Morgan fingerprint density at radius 1 is 1.35 bits per heavy atom. The molecule has 0 spiro atoms. The minimum absolute atomic E-state index is 0.136. The topological polar surface area (TPSA) is 111 Å². The molecule has 0 aromatic carbocycles. The number of hydrogen-bond donors (Lipinski definition) is 5. The van der Waals surface area contributed by atoms with E-state index in [9.17, 15) is 15.3 Å². The largest absolute Gasteiger partial charge is 0.394 e. The molecule has 1 heterocycles. The highest BCUT2D eigenvalue weighted by atomic mass is 16.7. The van der Waals surface area contributed by atoms with E-state index in [1.54, 1.807) is 0 Å². The van der Waals surface area contributed by atoms with E-state index in [2.05, 4.69) is 5.48 Å². The van der Waals surface area contributed by atoms with Gasteiger partial charge in [0.25, 0.3) is 0 Å². The van der Waals surface area contributed by atoms with Gasteiger partial charge >= 0.3 is 0 Å². The molecule has 0 aromatic rings. The van der Waals surface area contributed by atoms with Crippen molar-refractivity contribution in [3.63, 3.8) is 0 Å². The average molecular weight is 289 g/mol. The molecule has 1 unspecified atom stereocenters. The van der Waals surface area contributed by atoms with Gasteiger partial charge in [0.15, 0.2) is 12.4 Å². The smallest absolute Gasteiger partial charge is 0.186 e. The normalized spacial score (nSPS) is 41.8. The Morgan fingerprint density at radius 3 is 2.70 bits per heavy atom. The molecule has 1 aliphatic carbocycles. The summed E-state index contributed by atoms with van der Waals surface area (Å²) in [4.78, 5) is 5.37. The Balaban J connectivity index is 1.92. The fraction of sp³-hybridized carbons (Fsp3) is 0.846.